The summed E-state index contributed by atoms with van der Waals surface area (Å²) >= 11 is 0. The van der Waals surface area contributed by atoms with E-state index in [4.69, 9.17) is 4.74 Å². The van der Waals surface area contributed by atoms with Crippen LogP contribution in [0.15, 0.2) is 24.3 Å². The highest BCUT2D eigenvalue weighted by molar-refractivity contribution is 5.91. The molecule has 6 nitrogen and oxygen atoms in total. The Hall–Kier alpha value is -2.08. The number of likely N-dealkylation sites (tertiary alicyclic amines) is 1. The minimum absolute atomic E-state index is 0.103. The van der Waals surface area contributed by atoms with Gasteiger partial charge in [-0.15, -0.1) is 0 Å². The van der Waals surface area contributed by atoms with Crippen LogP contribution >= 0.6 is 0 Å². The molecule has 0 aliphatic carbocycles. The van der Waals surface area contributed by atoms with Crippen molar-refractivity contribution in [2.45, 2.75) is 25.8 Å². The number of anilines is 1. The maximum atomic E-state index is 12.4. The first-order chi connectivity index (χ1) is 11.0. The average molecular weight is 320 g/mol. The second kappa shape index (κ2) is 7.97. The summed E-state index contributed by atoms with van der Waals surface area (Å²) in [7, 11) is 3.48. The first kappa shape index (κ1) is 17.3. The number of quaternary nitrogens is 1. The van der Waals surface area contributed by atoms with Gasteiger partial charge in [0.05, 0.1) is 14.2 Å². The van der Waals surface area contributed by atoms with Gasteiger partial charge in [-0.05, 0) is 44.0 Å². The van der Waals surface area contributed by atoms with Crippen LogP contribution in [-0.4, -0.2) is 56.5 Å². The molecule has 2 atom stereocenters. The van der Waals surface area contributed by atoms with Gasteiger partial charge in [-0.2, -0.15) is 0 Å². The third kappa shape index (κ3) is 4.69. The fraction of sp³-hybridized carbons (Fsp3) is 0.529. The van der Waals surface area contributed by atoms with Gasteiger partial charge < -0.3 is 19.9 Å². The maximum Gasteiger partial charge on any atom is 0.280 e. The highest BCUT2D eigenvalue weighted by Crippen LogP contribution is 2.14. The lowest BCUT2D eigenvalue weighted by atomic mass is 10.2. The molecule has 0 bridgehead atoms. The van der Waals surface area contributed by atoms with Crippen LogP contribution in [0.2, 0.25) is 0 Å². The van der Waals surface area contributed by atoms with Crippen LogP contribution in [0, 0.1) is 0 Å². The van der Waals surface area contributed by atoms with E-state index < -0.39 is 0 Å². The van der Waals surface area contributed by atoms with Crippen molar-refractivity contribution in [2.75, 3.05) is 39.1 Å². The molecule has 1 aliphatic rings. The van der Waals surface area contributed by atoms with E-state index in [1.807, 2.05) is 18.9 Å². The summed E-state index contributed by atoms with van der Waals surface area (Å²) in [6.45, 7) is 3.83. The Kier molecular flexibility index (Phi) is 5.98. The normalized spacial score (nSPS) is 16.7. The summed E-state index contributed by atoms with van der Waals surface area (Å²) in [5.74, 6) is 0.779. The molecule has 1 heterocycles. The number of carbonyl (C=O) groups is 2. The quantitative estimate of drug-likeness (QED) is 0.785. The number of nitrogens with zero attached hydrogens (tertiary/aromatic N) is 1. The summed E-state index contributed by atoms with van der Waals surface area (Å²) in [5.41, 5.74) is 0.724. The van der Waals surface area contributed by atoms with E-state index in [0.717, 1.165) is 42.3 Å². The monoisotopic (exact) mass is 320 g/mol. The van der Waals surface area contributed by atoms with E-state index in [-0.39, 0.29) is 24.4 Å². The zero-order valence-electron chi connectivity index (χ0n) is 14.1. The van der Waals surface area contributed by atoms with Gasteiger partial charge in [0.1, 0.15) is 5.75 Å². The summed E-state index contributed by atoms with van der Waals surface area (Å²) in [4.78, 5) is 27.3. The minimum atomic E-state index is -0.213. The molecule has 126 valence electrons. The van der Waals surface area contributed by atoms with E-state index in [1.54, 1.807) is 31.4 Å². The molecule has 2 N–H and O–H groups in total. The largest absolute Gasteiger partial charge is 0.497 e. The van der Waals surface area contributed by atoms with Crippen molar-refractivity contribution in [1.82, 2.24) is 4.90 Å². The Morgan fingerprint density at radius 2 is 1.87 bits per heavy atom. The highest BCUT2D eigenvalue weighted by Gasteiger charge is 2.29. The lowest BCUT2D eigenvalue weighted by Gasteiger charge is -2.25. The van der Waals surface area contributed by atoms with Crippen molar-refractivity contribution in [2.24, 2.45) is 0 Å². The van der Waals surface area contributed by atoms with E-state index in [2.05, 4.69) is 5.32 Å². The molecular weight excluding hydrogens is 294 g/mol. The molecule has 0 aromatic heterocycles. The van der Waals surface area contributed by atoms with Crippen molar-refractivity contribution in [3.63, 3.8) is 0 Å². The second-order valence-corrected chi connectivity index (χ2v) is 6.05. The Morgan fingerprint density at radius 1 is 1.26 bits per heavy atom. The predicted octanol–water partition coefficient (Wildman–Crippen LogP) is 0.159. The Labute approximate surface area is 137 Å². The van der Waals surface area contributed by atoms with Gasteiger partial charge in [-0.25, -0.2) is 0 Å². The van der Waals surface area contributed by atoms with Gasteiger partial charge in [0.15, 0.2) is 12.6 Å². The molecule has 0 spiro atoms. The lowest BCUT2D eigenvalue weighted by molar-refractivity contribution is -0.886. The maximum absolute atomic E-state index is 12.4. The first-order valence-electron chi connectivity index (χ1n) is 8.06. The van der Waals surface area contributed by atoms with Crippen molar-refractivity contribution in [1.29, 1.82) is 0 Å². The van der Waals surface area contributed by atoms with Crippen LogP contribution in [0.5, 0.6) is 5.75 Å². The Balaban J connectivity index is 1.84. The Bertz CT molecular complexity index is 539. The van der Waals surface area contributed by atoms with Crippen LogP contribution in [0.4, 0.5) is 5.69 Å². The van der Waals surface area contributed by atoms with Crippen molar-refractivity contribution < 1.29 is 19.2 Å². The number of likely N-dealkylation sites (N-methyl/N-ethyl adjacent to an activating group) is 1. The number of hydrogen-bond donors (Lipinski definition) is 2. The van der Waals surface area contributed by atoms with Crippen molar-refractivity contribution in [3.8, 4) is 5.75 Å². The molecule has 1 aromatic carbocycles. The summed E-state index contributed by atoms with van der Waals surface area (Å²) in [6.07, 6.45) is 2.16. The number of benzene rings is 1. The standard InChI is InChI=1S/C17H25N3O3/c1-13(17(22)20-10-4-5-11-20)19(2)12-16(21)18-14-6-8-15(23-3)9-7-14/h6-9,13H,4-5,10-12H2,1-3H3,(H,18,21)/p+1/t13-/m0/s1. The minimum Gasteiger partial charge on any atom is -0.497 e. The number of nitrogens with one attached hydrogen (secondary N) is 2. The lowest BCUT2D eigenvalue weighted by Crippen LogP contribution is -3.15. The fourth-order valence-corrected chi connectivity index (χ4v) is 2.71. The van der Waals surface area contributed by atoms with Gasteiger partial charge in [0.2, 0.25) is 0 Å². The summed E-state index contributed by atoms with van der Waals surface area (Å²) in [6, 6.07) is 6.97. The average Bonchev–Trinajstić information content (AvgIpc) is 3.08. The molecular formula is C17H26N3O3+. The molecule has 1 saturated heterocycles. The summed E-state index contributed by atoms with van der Waals surface area (Å²) in [5, 5.41) is 2.85. The molecule has 0 radical (unpaired) electrons. The van der Waals surface area contributed by atoms with Crippen LogP contribution in [0.25, 0.3) is 0 Å². The number of ether oxygens (including phenoxy) is 1. The topological polar surface area (TPSA) is 63.1 Å². The molecule has 1 aromatic rings. The van der Waals surface area contributed by atoms with Gasteiger partial charge in [-0.3, -0.25) is 9.59 Å². The molecule has 1 unspecified atom stereocenters. The van der Waals surface area contributed by atoms with Crippen LogP contribution in [0.1, 0.15) is 19.8 Å². The second-order valence-electron chi connectivity index (χ2n) is 6.05. The first-order valence-corrected chi connectivity index (χ1v) is 8.06. The highest BCUT2D eigenvalue weighted by atomic mass is 16.5. The predicted molar refractivity (Wildman–Crippen MR) is 88.7 cm³/mol. The molecule has 1 aliphatic heterocycles. The zero-order chi connectivity index (χ0) is 16.8. The van der Waals surface area contributed by atoms with Crippen LogP contribution in [0.3, 0.4) is 0 Å². The molecule has 0 saturated carbocycles. The van der Waals surface area contributed by atoms with Crippen LogP contribution in [-0.2, 0) is 9.59 Å². The summed E-state index contributed by atoms with van der Waals surface area (Å²) < 4.78 is 5.09. The number of hydrogen-bond acceptors (Lipinski definition) is 3. The van der Waals surface area contributed by atoms with Gasteiger partial charge in [0, 0.05) is 18.8 Å². The van der Waals surface area contributed by atoms with E-state index >= 15 is 0 Å². The number of rotatable bonds is 6. The molecule has 2 rings (SSSR count). The zero-order valence-corrected chi connectivity index (χ0v) is 14.1. The number of amides is 2. The van der Waals surface area contributed by atoms with E-state index in [9.17, 15) is 9.59 Å². The molecule has 1 fully saturated rings. The molecule has 2 amide bonds. The molecule has 6 heteroatoms. The van der Waals surface area contributed by atoms with Crippen LogP contribution < -0.4 is 15.0 Å². The fourth-order valence-electron chi connectivity index (χ4n) is 2.71. The molecule has 23 heavy (non-hydrogen) atoms. The van der Waals surface area contributed by atoms with E-state index in [0.29, 0.717) is 0 Å². The van der Waals surface area contributed by atoms with Gasteiger partial charge in [-0.1, -0.05) is 0 Å². The Morgan fingerprint density at radius 3 is 2.43 bits per heavy atom. The third-order valence-corrected chi connectivity index (χ3v) is 4.34. The van der Waals surface area contributed by atoms with Gasteiger partial charge >= 0.3 is 0 Å². The van der Waals surface area contributed by atoms with Crippen molar-refractivity contribution >= 4 is 17.5 Å². The number of methoxy groups -OCH3 is 1. The number of carbonyl (C=O) groups excluding carboxylic acids is 2. The smallest absolute Gasteiger partial charge is 0.280 e. The third-order valence-electron chi connectivity index (χ3n) is 4.34. The van der Waals surface area contributed by atoms with E-state index in [1.165, 1.54) is 0 Å². The SMILES string of the molecule is COc1ccc(NC(=O)C[NH+](C)[C@@H](C)C(=O)N2CCCC2)cc1. The van der Waals surface area contributed by atoms with Crippen molar-refractivity contribution in [3.05, 3.63) is 24.3 Å². The van der Waals surface area contributed by atoms with Gasteiger partial charge in [0.25, 0.3) is 11.8 Å².